The van der Waals surface area contributed by atoms with E-state index >= 15 is 0 Å². The number of aliphatic hydroxyl groups excluding tert-OH is 1. The van der Waals surface area contributed by atoms with Crippen molar-refractivity contribution in [1.29, 1.82) is 0 Å². The maximum absolute atomic E-state index is 10.3. The zero-order valence-electron chi connectivity index (χ0n) is 11.2. The minimum Gasteiger partial charge on any atom is -0.391 e. The first-order valence-electron chi connectivity index (χ1n) is 6.33. The summed E-state index contributed by atoms with van der Waals surface area (Å²) >= 11 is 0. The third-order valence-corrected chi connectivity index (χ3v) is 3.25. The van der Waals surface area contributed by atoms with Crippen molar-refractivity contribution in [3.63, 3.8) is 0 Å². The molecule has 0 radical (unpaired) electrons. The van der Waals surface area contributed by atoms with E-state index in [0.717, 1.165) is 0 Å². The van der Waals surface area contributed by atoms with Crippen LogP contribution in [0.25, 0.3) is 0 Å². The Labute approximate surface area is 103 Å². The number of ether oxygens (including phenoxy) is 2. The van der Waals surface area contributed by atoms with Crippen LogP contribution in [0.15, 0.2) is 0 Å². The Balaban J connectivity index is 2.78. The minimum absolute atomic E-state index is 0.00674. The molecule has 1 aliphatic heterocycles. The highest BCUT2D eigenvalue weighted by Crippen LogP contribution is 2.31. The molecule has 5 N–H and O–H groups in total. The molecule has 0 amide bonds. The van der Waals surface area contributed by atoms with Crippen molar-refractivity contribution >= 4 is 0 Å². The standard InChI is InChI=1S/C12H26N2O3/c1-6(2)9-8(5-13)17-12(16-7(3)4)10(14)11(9)15/h6-12,15H,5,13-14H2,1-4H3/t8?,9-,10+,11?,12+/m1/s1. The molecule has 5 nitrogen and oxygen atoms in total. The lowest BCUT2D eigenvalue weighted by atomic mass is 9.80. The van der Waals surface area contributed by atoms with Crippen LogP contribution >= 0.6 is 0 Å². The second-order valence-corrected chi connectivity index (χ2v) is 5.35. The highest BCUT2D eigenvalue weighted by Gasteiger charge is 2.44. The maximum atomic E-state index is 10.3. The van der Waals surface area contributed by atoms with Gasteiger partial charge < -0.3 is 26.0 Å². The van der Waals surface area contributed by atoms with E-state index in [1.165, 1.54) is 0 Å². The van der Waals surface area contributed by atoms with Crippen LogP contribution in [0.1, 0.15) is 27.7 Å². The maximum Gasteiger partial charge on any atom is 0.175 e. The predicted octanol–water partition coefficient (Wildman–Crippen LogP) is 0.0554. The Hall–Kier alpha value is -0.200. The highest BCUT2D eigenvalue weighted by atomic mass is 16.7. The van der Waals surface area contributed by atoms with E-state index in [1.54, 1.807) is 0 Å². The van der Waals surface area contributed by atoms with Crippen molar-refractivity contribution in [2.24, 2.45) is 23.3 Å². The summed E-state index contributed by atoms with van der Waals surface area (Å²) in [7, 11) is 0. The van der Waals surface area contributed by atoms with Crippen molar-refractivity contribution in [2.45, 2.75) is 58.3 Å². The van der Waals surface area contributed by atoms with Gasteiger partial charge in [0, 0.05) is 12.5 Å². The summed E-state index contributed by atoms with van der Waals surface area (Å²) in [4.78, 5) is 0. The Bertz CT molecular complexity index is 232. The van der Waals surface area contributed by atoms with E-state index in [9.17, 15) is 5.11 Å². The van der Waals surface area contributed by atoms with Crippen molar-refractivity contribution in [3.05, 3.63) is 0 Å². The average molecular weight is 246 g/mol. The molecule has 5 atom stereocenters. The molecule has 17 heavy (non-hydrogen) atoms. The molecule has 0 saturated carbocycles. The molecular weight excluding hydrogens is 220 g/mol. The lowest BCUT2D eigenvalue weighted by Crippen LogP contribution is -2.62. The van der Waals surface area contributed by atoms with Crippen molar-refractivity contribution in [3.8, 4) is 0 Å². The number of hydrogen-bond donors (Lipinski definition) is 3. The van der Waals surface area contributed by atoms with Gasteiger partial charge >= 0.3 is 0 Å². The lowest BCUT2D eigenvalue weighted by Gasteiger charge is -2.45. The van der Waals surface area contributed by atoms with Gasteiger partial charge in [-0.15, -0.1) is 0 Å². The smallest absolute Gasteiger partial charge is 0.175 e. The molecule has 0 bridgehead atoms. The van der Waals surface area contributed by atoms with Crippen LogP contribution in [0.5, 0.6) is 0 Å². The molecule has 5 heteroatoms. The van der Waals surface area contributed by atoms with Crippen LogP contribution in [0, 0.1) is 11.8 Å². The van der Waals surface area contributed by atoms with Crippen LogP contribution in [0.2, 0.25) is 0 Å². The van der Waals surface area contributed by atoms with Crippen LogP contribution in [0.3, 0.4) is 0 Å². The summed E-state index contributed by atoms with van der Waals surface area (Å²) in [6.45, 7) is 8.26. The molecule has 0 aromatic rings. The fourth-order valence-electron chi connectivity index (χ4n) is 2.42. The van der Waals surface area contributed by atoms with Crippen LogP contribution < -0.4 is 11.5 Å². The van der Waals surface area contributed by atoms with Gasteiger partial charge in [0.05, 0.1) is 24.4 Å². The molecule has 0 aromatic heterocycles. The van der Waals surface area contributed by atoms with Gasteiger partial charge in [-0.3, -0.25) is 0 Å². The molecule has 1 aliphatic rings. The molecule has 0 spiro atoms. The third-order valence-electron chi connectivity index (χ3n) is 3.25. The minimum atomic E-state index is -0.638. The van der Waals surface area contributed by atoms with E-state index in [4.69, 9.17) is 20.9 Å². The molecule has 0 aromatic carbocycles. The quantitative estimate of drug-likeness (QED) is 0.652. The molecule has 1 fully saturated rings. The average Bonchev–Trinajstić information content (AvgIpc) is 2.23. The van der Waals surface area contributed by atoms with E-state index in [-0.39, 0.29) is 24.0 Å². The SMILES string of the molecule is CC(C)O[C@H]1OC(CN)[C@@H](C(C)C)C(O)[C@@H]1N. The monoisotopic (exact) mass is 246 g/mol. The zero-order valence-corrected chi connectivity index (χ0v) is 11.2. The van der Waals surface area contributed by atoms with Gasteiger partial charge in [-0.2, -0.15) is 0 Å². The Kier molecular flexibility index (Phi) is 5.34. The second kappa shape index (κ2) is 6.11. The normalized spacial score (nSPS) is 39.0. The molecule has 1 rings (SSSR count). The summed E-state index contributed by atoms with van der Waals surface area (Å²) in [5.74, 6) is 0.228. The Morgan fingerprint density at radius 1 is 1.29 bits per heavy atom. The van der Waals surface area contributed by atoms with Crippen LogP contribution in [-0.4, -0.2) is 42.3 Å². The van der Waals surface area contributed by atoms with Gasteiger partial charge in [-0.1, -0.05) is 13.8 Å². The molecule has 102 valence electrons. The van der Waals surface area contributed by atoms with Crippen molar-refractivity contribution in [2.75, 3.05) is 6.54 Å². The fraction of sp³-hybridized carbons (Fsp3) is 1.00. The summed E-state index contributed by atoms with van der Waals surface area (Å²) in [5.41, 5.74) is 11.7. The van der Waals surface area contributed by atoms with Gasteiger partial charge in [-0.05, 0) is 19.8 Å². The third kappa shape index (κ3) is 3.39. The number of aliphatic hydroxyl groups is 1. The summed E-state index contributed by atoms with van der Waals surface area (Å²) in [6.07, 6.45) is -1.41. The lowest BCUT2D eigenvalue weighted by molar-refractivity contribution is -0.259. The van der Waals surface area contributed by atoms with Gasteiger partial charge in [-0.25, -0.2) is 0 Å². The fourth-order valence-corrected chi connectivity index (χ4v) is 2.42. The van der Waals surface area contributed by atoms with E-state index in [2.05, 4.69) is 0 Å². The predicted molar refractivity (Wildman–Crippen MR) is 66.2 cm³/mol. The highest BCUT2D eigenvalue weighted by molar-refractivity contribution is 4.93. The first-order chi connectivity index (χ1) is 7.88. The van der Waals surface area contributed by atoms with Gasteiger partial charge in [0.2, 0.25) is 0 Å². The second-order valence-electron chi connectivity index (χ2n) is 5.35. The Morgan fingerprint density at radius 3 is 2.29 bits per heavy atom. The largest absolute Gasteiger partial charge is 0.391 e. The van der Waals surface area contributed by atoms with Gasteiger partial charge in [0.15, 0.2) is 6.29 Å². The van der Waals surface area contributed by atoms with E-state index in [0.29, 0.717) is 6.54 Å². The van der Waals surface area contributed by atoms with E-state index < -0.39 is 18.4 Å². The Morgan fingerprint density at radius 2 is 1.88 bits per heavy atom. The van der Waals surface area contributed by atoms with E-state index in [1.807, 2.05) is 27.7 Å². The molecular formula is C12H26N2O3. The van der Waals surface area contributed by atoms with Crippen molar-refractivity contribution in [1.82, 2.24) is 0 Å². The van der Waals surface area contributed by atoms with Crippen LogP contribution in [-0.2, 0) is 9.47 Å². The molecule has 1 saturated heterocycles. The first-order valence-corrected chi connectivity index (χ1v) is 6.33. The number of hydrogen-bond acceptors (Lipinski definition) is 5. The summed E-state index contributed by atoms with van der Waals surface area (Å²) in [5, 5.41) is 10.3. The summed E-state index contributed by atoms with van der Waals surface area (Å²) in [6, 6.07) is -0.521. The van der Waals surface area contributed by atoms with Gasteiger partial charge in [0.25, 0.3) is 0 Å². The zero-order chi connectivity index (χ0) is 13.2. The first kappa shape index (κ1) is 14.9. The topological polar surface area (TPSA) is 90.7 Å². The molecule has 0 aliphatic carbocycles. The summed E-state index contributed by atoms with van der Waals surface area (Å²) < 4.78 is 11.3. The molecule has 1 heterocycles. The van der Waals surface area contributed by atoms with Crippen LogP contribution in [0.4, 0.5) is 0 Å². The number of nitrogens with two attached hydrogens (primary N) is 2. The van der Waals surface area contributed by atoms with Gasteiger partial charge in [0.1, 0.15) is 0 Å². The molecule has 2 unspecified atom stereocenters. The van der Waals surface area contributed by atoms with Crippen molar-refractivity contribution < 1.29 is 14.6 Å². The number of rotatable bonds is 4.